The van der Waals surface area contributed by atoms with Crippen LogP contribution >= 0.6 is 11.8 Å². The Morgan fingerprint density at radius 1 is 1.06 bits per heavy atom. The Labute approximate surface area is 211 Å². The molecule has 1 aromatic heterocycles. The molecule has 2 amide bonds. The average molecular weight is 511 g/mol. The van der Waals surface area contributed by atoms with Gasteiger partial charge in [0, 0.05) is 12.6 Å². The number of carbonyl (C=O) groups excluding carboxylic acids is 3. The zero-order chi connectivity index (χ0) is 25.9. The van der Waals surface area contributed by atoms with Gasteiger partial charge in [-0.1, -0.05) is 36.0 Å². The first kappa shape index (κ1) is 26.5. The van der Waals surface area contributed by atoms with Crippen LogP contribution in [0.3, 0.4) is 0 Å². The molecule has 0 aliphatic carbocycles. The summed E-state index contributed by atoms with van der Waals surface area (Å²) in [5.74, 6) is -0.635. The zero-order valence-electron chi connectivity index (χ0n) is 19.8. The van der Waals surface area contributed by atoms with Gasteiger partial charge in [-0.25, -0.2) is 9.78 Å². The van der Waals surface area contributed by atoms with Crippen LogP contribution in [0.1, 0.15) is 28.5 Å². The van der Waals surface area contributed by atoms with Crippen molar-refractivity contribution in [2.45, 2.75) is 25.0 Å². The maximum absolute atomic E-state index is 12.5. The van der Waals surface area contributed by atoms with Crippen molar-refractivity contribution in [1.82, 2.24) is 15.3 Å². The maximum Gasteiger partial charge on any atom is 0.340 e. The minimum Gasteiger partial charge on any atom is -0.497 e. The number of anilines is 1. The van der Waals surface area contributed by atoms with Gasteiger partial charge in [-0.2, -0.15) is 0 Å². The largest absolute Gasteiger partial charge is 0.497 e. The number of hydrogen-bond acceptors (Lipinski definition) is 8. The third-order valence-corrected chi connectivity index (χ3v) is 5.65. The van der Waals surface area contributed by atoms with Crippen molar-refractivity contribution in [3.8, 4) is 5.75 Å². The quantitative estimate of drug-likeness (QED) is 0.203. The number of H-pyrrole nitrogens is 1. The van der Waals surface area contributed by atoms with Gasteiger partial charge < -0.3 is 25.1 Å². The maximum atomic E-state index is 12.5. The molecule has 0 aliphatic heterocycles. The number of nitrogens with zero attached hydrogens (tertiary/aromatic N) is 1. The molecule has 0 saturated heterocycles. The van der Waals surface area contributed by atoms with Gasteiger partial charge in [0.25, 0.3) is 5.56 Å². The molecule has 1 heterocycles. The minimum absolute atomic E-state index is 0.0778. The first-order chi connectivity index (χ1) is 17.4. The van der Waals surface area contributed by atoms with Gasteiger partial charge in [0.2, 0.25) is 11.8 Å². The number of rotatable bonds is 11. The molecule has 3 N–H and O–H groups in total. The van der Waals surface area contributed by atoms with Crippen molar-refractivity contribution in [2.75, 3.05) is 24.8 Å². The first-order valence-electron chi connectivity index (χ1n) is 11.1. The fourth-order valence-corrected chi connectivity index (χ4v) is 3.85. The molecule has 3 rings (SSSR count). The lowest BCUT2D eigenvalue weighted by Crippen LogP contribution is -2.26. The van der Waals surface area contributed by atoms with E-state index in [0.717, 1.165) is 17.3 Å². The summed E-state index contributed by atoms with van der Waals surface area (Å²) in [7, 11) is 1.57. The Balaban J connectivity index is 1.56. The van der Waals surface area contributed by atoms with E-state index in [4.69, 9.17) is 9.47 Å². The van der Waals surface area contributed by atoms with Crippen LogP contribution < -0.4 is 20.9 Å². The summed E-state index contributed by atoms with van der Waals surface area (Å²) in [6.07, 6.45) is -0.0967. The zero-order valence-corrected chi connectivity index (χ0v) is 20.6. The summed E-state index contributed by atoms with van der Waals surface area (Å²) >= 11 is 1.00. The molecule has 0 fully saturated rings. The van der Waals surface area contributed by atoms with Crippen molar-refractivity contribution in [3.63, 3.8) is 0 Å². The highest BCUT2D eigenvalue weighted by molar-refractivity contribution is 7.99. The molecule has 0 aliphatic rings. The third-order valence-electron chi connectivity index (χ3n) is 4.77. The SMILES string of the molecule is CCOC(=O)c1ccccc1NC(=O)CSc1nc(CC(=O)NCc2cccc(OC)c2)cc(=O)[nH]1. The molecule has 0 bridgehead atoms. The molecule has 2 aromatic carbocycles. The van der Waals surface area contributed by atoms with E-state index in [1.807, 2.05) is 24.3 Å². The number of para-hydroxylation sites is 1. The smallest absolute Gasteiger partial charge is 0.340 e. The summed E-state index contributed by atoms with van der Waals surface area (Å²) in [6.45, 7) is 2.21. The van der Waals surface area contributed by atoms with Gasteiger partial charge in [-0.3, -0.25) is 14.4 Å². The highest BCUT2D eigenvalue weighted by Crippen LogP contribution is 2.18. The fourth-order valence-electron chi connectivity index (χ4n) is 3.15. The Morgan fingerprint density at radius 2 is 1.86 bits per heavy atom. The first-order valence-corrected chi connectivity index (χ1v) is 12.0. The molecule has 188 valence electrons. The number of ether oxygens (including phenoxy) is 2. The summed E-state index contributed by atoms with van der Waals surface area (Å²) in [5, 5.41) is 5.65. The summed E-state index contributed by atoms with van der Waals surface area (Å²) in [4.78, 5) is 55.8. The third kappa shape index (κ3) is 7.98. The van der Waals surface area contributed by atoms with Gasteiger partial charge in [0.05, 0.1) is 42.8 Å². The molecule has 11 heteroatoms. The van der Waals surface area contributed by atoms with Crippen molar-refractivity contribution < 1.29 is 23.9 Å². The van der Waals surface area contributed by atoms with E-state index < -0.39 is 17.4 Å². The second-order valence-corrected chi connectivity index (χ2v) is 8.41. The van der Waals surface area contributed by atoms with Crippen LogP contribution in [0.15, 0.2) is 64.5 Å². The van der Waals surface area contributed by atoms with Crippen LogP contribution in [0.25, 0.3) is 0 Å². The van der Waals surface area contributed by atoms with Gasteiger partial charge >= 0.3 is 5.97 Å². The predicted molar refractivity (Wildman–Crippen MR) is 135 cm³/mol. The molecule has 0 atom stereocenters. The van der Waals surface area contributed by atoms with Crippen LogP contribution in [0, 0.1) is 0 Å². The number of benzene rings is 2. The Morgan fingerprint density at radius 3 is 2.64 bits per heavy atom. The molecule has 0 radical (unpaired) electrons. The summed E-state index contributed by atoms with van der Waals surface area (Å²) < 4.78 is 10.2. The van der Waals surface area contributed by atoms with E-state index in [9.17, 15) is 19.2 Å². The van der Waals surface area contributed by atoms with Crippen molar-refractivity contribution in [2.24, 2.45) is 0 Å². The number of amides is 2. The van der Waals surface area contributed by atoms with E-state index >= 15 is 0 Å². The predicted octanol–water partition coefficient (Wildman–Crippen LogP) is 2.54. The molecule has 36 heavy (non-hydrogen) atoms. The minimum atomic E-state index is -0.538. The van der Waals surface area contributed by atoms with E-state index in [1.54, 1.807) is 38.3 Å². The lowest BCUT2D eigenvalue weighted by molar-refractivity contribution is -0.120. The van der Waals surface area contributed by atoms with Gasteiger partial charge in [-0.15, -0.1) is 0 Å². The fraction of sp³-hybridized carbons (Fsp3) is 0.240. The van der Waals surface area contributed by atoms with E-state index in [1.165, 1.54) is 6.07 Å². The molecular weight excluding hydrogens is 484 g/mol. The van der Waals surface area contributed by atoms with Gasteiger partial charge in [-0.05, 0) is 36.8 Å². The number of thioether (sulfide) groups is 1. The topological polar surface area (TPSA) is 139 Å². The molecular formula is C25H26N4O6S. The number of carbonyl (C=O) groups is 3. The lowest BCUT2D eigenvalue weighted by atomic mass is 10.2. The lowest BCUT2D eigenvalue weighted by Gasteiger charge is -2.10. The molecule has 10 nitrogen and oxygen atoms in total. The molecule has 0 unspecified atom stereocenters. The standard InChI is InChI=1S/C25H26N4O6S/c1-3-35-24(33)19-9-4-5-10-20(19)28-23(32)15-36-25-27-17(13-22(31)29-25)12-21(30)26-14-16-7-6-8-18(11-16)34-2/h4-11,13H,3,12,14-15H2,1-2H3,(H,26,30)(H,28,32)(H,27,29,31). The van der Waals surface area contributed by atoms with E-state index in [2.05, 4.69) is 20.6 Å². The van der Waals surface area contributed by atoms with E-state index in [-0.39, 0.29) is 41.1 Å². The highest BCUT2D eigenvalue weighted by Gasteiger charge is 2.15. The van der Waals surface area contributed by atoms with Crippen LogP contribution in [0.5, 0.6) is 5.75 Å². The molecule has 0 saturated carbocycles. The summed E-state index contributed by atoms with van der Waals surface area (Å²) in [5.41, 5.74) is 1.28. The summed E-state index contributed by atoms with van der Waals surface area (Å²) in [6, 6.07) is 15.1. The second-order valence-electron chi connectivity index (χ2n) is 7.45. The van der Waals surface area contributed by atoms with Gasteiger partial charge in [0.15, 0.2) is 5.16 Å². The molecule has 3 aromatic rings. The molecule has 0 spiro atoms. The second kappa shape index (κ2) is 13.1. The monoisotopic (exact) mass is 510 g/mol. The van der Waals surface area contributed by atoms with E-state index in [0.29, 0.717) is 18.0 Å². The van der Waals surface area contributed by atoms with Crippen molar-refractivity contribution in [3.05, 3.63) is 81.8 Å². The van der Waals surface area contributed by atoms with Crippen LogP contribution in [-0.4, -0.2) is 47.2 Å². The number of nitrogens with one attached hydrogen (secondary N) is 3. The van der Waals surface area contributed by atoms with Crippen molar-refractivity contribution >= 4 is 35.2 Å². The normalized spacial score (nSPS) is 10.4. The highest BCUT2D eigenvalue weighted by atomic mass is 32.2. The van der Waals surface area contributed by atoms with Gasteiger partial charge in [0.1, 0.15) is 5.75 Å². The number of esters is 1. The number of methoxy groups -OCH3 is 1. The van der Waals surface area contributed by atoms with Crippen LogP contribution in [-0.2, 0) is 27.3 Å². The van der Waals surface area contributed by atoms with Crippen molar-refractivity contribution in [1.29, 1.82) is 0 Å². The Hall–Kier alpha value is -4.12. The van der Waals surface area contributed by atoms with Crippen LogP contribution in [0.4, 0.5) is 5.69 Å². The Bertz CT molecular complexity index is 1290. The Kier molecular flexibility index (Phi) is 9.64. The number of aromatic nitrogens is 2. The number of aromatic amines is 1. The van der Waals surface area contributed by atoms with Crippen LogP contribution in [0.2, 0.25) is 0 Å². The number of hydrogen-bond donors (Lipinski definition) is 3. The average Bonchev–Trinajstić information content (AvgIpc) is 2.86.